The average molecular weight is 325 g/mol. The first kappa shape index (κ1) is 16.8. The van der Waals surface area contributed by atoms with Gasteiger partial charge in [-0.15, -0.1) is 0 Å². The fraction of sp³-hybridized carbons (Fsp3) is 0.476. The third-order valence-electron chi connectivity index (χ3n) is 5.03. The Bertz CT molecular complexity index is 624. The fourth-order valence-electron chi connectivity index (χ4n) is 3.59. The molecule has 0 aliphatic heterocycles. The molecular weight excluding hydrogens is 298 g/mol. The normalized spacial score (nSPS) is 14.9. The molecule has 1 aromatic heterocycles. The zero-order valence-electron chi connectivity index (χ0n) is 14.5. The molecule has 24 heavy (non-hydrogen) atoms. The Morgan fingerprint density at radius 3 is 2.58 bits per heavy atom. The molecule has 3 nitrogen and oxygen atoms in total. The van der Waals surface area contributed by atoms with Gasteiger partial charge in [0.1, 0.15) is 5.76 Å². The lowest BCUT2D eigenvalue weighted by Gasteiger charge is -2.22. The fourth-order valence-corrected chi connectivity index (χ4v) is 3.59. The maximum atomic E-state index is 12.9. The number of hydrogen-bond donors (Lipinski definition) is 0. The van der Waals surface area contributed by atoms with Crippen LogP contribution in [0.4, 0.5) is 0 Å². The third-order valence-corrected chi connectivity index (χ3v) is 5.03. The van der Waals surface area contributed by atoms with E-state index in [1.807, 2.05) is 48.2 Å². The van der Waals surface area contributed by atoms with Gasteiger partial charge in [0.15, 0.2) is 0 Å². The van der Waals surface area contributed by atoms with Crippen LogP contribution in [0.5, 0.6) is 0 Å². The largest absolute Gasteiger partial charge is 0.467 e. The molecule has 0 atom stereocenters. The van der Waals surface area contributed by atoms with Gasteiger partial charge in [0.05, 0.1) is 12.8 Å². The first-order chi connectivity index (χ1) is 11.7. The van der Waals surface area contributed by atoms with Crippen molar-refractivity contribution in [2.24, 2.45) is 5.92 Å². The van der Waals surface area contributed by atoms with Crippen LogP contribution in [0.3, 0.4) is 0 Å². The van der Waals surface area contributed by atoms with Crippen LogP contribution in [0.2, 0.25) is 0 Å². The molecule has 1 aromatic carbocycles. The van der Waals surface area contributed by atoms with Gasteiger partial charge in [-0.1, -0.05) is 43.4 Å². The number of carbonyl (C=O) groups excluding carboxylic acids is 1. The number of hydrogen-bond acceptors (Lipinski definition) is 2. The summed E-state index contributed by atoms with van der Waals surface area (Å²) < 4.78 is 5.46. The van der Waals surface area contributed by atoms with Crippen molar-refractivity contribution in [1.29, 1.82) is 0 Å². The SMILES string of the molecule is Cc1ccc(C(=O)N(CCCC2CCCC2)Cc2ccco2)cc1. The molecule has 1 heterocycles. The van der Waals surface area contributed by atoms with Crippen molar-refractivity contribution >= 4 is 5.91 Å². The number of nitrogens with zero attached hydrogens (tertiary/aromatic N) is 1. The topological polar surface area (TPSA) is 33.5 Å². The van der Waals surface area contributed by atoms with Crippen molar-refractivity contribution in [3.63, 3.8) is 0 Å². The van der Waals surface area contributed by atoms with Crippen molar-refractivity contribution in [2.45, 2.75) is 52.0 Å². The van der Waals surface area contributed by atoms with E-state index in [0.717, 1.165) is 30.2 Å². The molecule has 0 radical (unpaired) electrons. The smallest absolute Gasteiger partial charge is 0.254 e. The Morgan fingerprint density at radius 1 is 1.17 bits per heavy atom. The van der Waals surface area contributed by atoms with Crippen LogP contribution in [0.25, 0.3) is 0 Å². The predicted molar refractivity (Wildman–Crippen MR) is 95.8 cm³/mol. The number of furan rings is 1. The molecule has 0 N–H and O–H groups in total. The summed E-state index contributed by atoms with van der Waals surface area (Å²) in [4.78, 5) is 14.8. The minimum absolute atomic E-state index is 0.0952. The lowest BCUT2D eigenvalue weighted by atomic mass is 10.0. The summed E-state index contributed by atoms with van der Waals surface area (Å²) in [5, 5.41) is 0. The number of rotatable bonds is 7. The van der Waals surface area contributed by atoms with E-state index in [2.05, 4.69) is 0 Å². The molecule has 3 rings (SSSR count). The van der Waals surface area contributed by atoms with E-state index < -0.39 is 0 Å². The standard InChI is InChI=1S/C21H27NO2/c1-17-10-12-19(13-11-17)21(23)22(16-20-9-5-15-24-20)14-4-8-18-6-2-3-7-18/h5,9-13,15,18H,2-4,6-8,14,16H2,1H3. The van der Waals surface area contributed by atoms with Gasteiger partial charge >= 0.3 is 0 Å². The lowest BCUT2D eigenvalue weighted by molar-refractivity contribution is 0.0726. The van der Waals surface area contributed by atoms with Gasteiger partial charge in [-0.25, -0.2) is 0 Å². The van der Waals surface area contributed by atoms with Crippen LogP contribution in [0.1, 0.15) is 60.2 Å². The molecule has 0 bridgehead atoms. The Hall–Kier alpha value is -2.03. The lowest BCUT2D eigenvalue weighted by Crippen LogP contribution is -2.31. The van der Waals surface area contributed by atoms with E-state index in [1.54, 1.807) is 6.26 Å². The Balaban J connectivity index is 1.63. The molecule has 0 spiro atoms. The van der Waals surface area contributed by atoms with Crippen LogP contribution >= 0.6 is 0 Å². The molecule has 1 amide bonds. The minimum atomic E-state index is 0.0952. The first-order valence-electron chi connectivity index (χ1n) is 9.11. The van der Waals surface area contributed by atoms with Gasteiger partial charge in [-0.2, -0.15) is 0 Å². The molecule has 1 aliphatic rings. The third kappa shape index (κ3) is 4.50. The molecule has 1 fully saturated rings. The van der Waals surface area contributed by atoms with Gasteiger partial charge < -0.3 is 9.32 Å². The van der Waals surface area contributed by atoms with E-state index in [9.17, 15) is 4.79 Å². The highest BCUT2D eigenvalue weighted by molar-refractivity contribution is 5.94. The summed E-state index contributed by atoms with van der Waals surface area (Å²) in [7, 11) is 0. The molecule has 1 saturated carbocycles. The zero-order valence-corrected chi connectivity index (χ0v) is 14.5. The molecule has 0 saturated heterocycles. The molecule has 3 heteroatoms. The maximum Gasteiger partial charge on any atom is 0.254 e. The Labute approximate surface area is 144 Å². The second-order valence-electron chi connectivity index (χ2n) is 6.96. The molecule has 2 aromatic rings. The Kier molecular flexibility index (Phi) is 5.73. The van der Waals surface area contributed by atoms with Crippen LogP contribution in [0.15, 0.2) is 47.1 Å². The molecule has 1 aliphatic carbocycles. The summed E-state index contributed by atoms with van der Waals surface area (Å²) in [5.74, 6) is 1.80. The summed E-state index contributed by atoms with van der Waals surface area (Å²) in [6, 6.07) is 11.6. The first-order valence-corrected chi connectivity index (χ1v) is 9.11. The number of aryl methyl sites for hydroxylation is 1. The minimum Gasteiger partial charge on any atom is -0.467 e. The Morgan fingerprint density at radius 2 is 1.92 bits per heavy atom. The van der Waals surface area contributed by atoms with Gasteiger partial charge in [0.25, 0.3) is 5.91 Å². The van der Waals surface area contributed by atoms with E-state index in [1.165, 1.54) is 37.7 Å². The van der Waals surface area contributed by atoms with Gasteiger partial charge in [-0.3, -0.25) is 4.79 Å². The monoisotopic (exact) mass is 325 g/mol. The maximum absolute atomic E-state index is 12.9. The summed E-state index contributed by atoms with van der Waals surface area (Å²) in [6.07, 6.45) is 9.46. The van der Waals surface area contributed by atoms with Crippen molar-refractivity contribution in [1.82, 2.24) is 4.90 Å². The number of carbonyl (C=O) groups is 1. The van der Waals surface area contributed by atoms with Gasteiger partial charge in [0, 0.05) is 12.1 Å². The van der Waals surface area contributed by atoms with Crippen LogP contribution < -0.4 is 0 Å². The summed E-state index contributed by atoms with van der Waals surface area (Å²) >= 11 is 0. The van der Waals surface area contributed by atoms with Crippen molar-refractivity contribution in [2.75, 3.05) is 6.54 Å². The molecule has 128 valence electrons. The molecular formula is C21H27NO2. The quantitative estimate of drug-likeness (QED) is 0.701. The van der Waals surface area contributed by atoms with Crippen molar-refractivity contribution in [3.05, 3.63) is 59.5 Å². The highest BCUT2D eigenvalue weighted by Gasteiger charge is 2.19. The summed E-state index contributed by atoms with van der Waals surface area (Å²) in [6.45, 7) is 3.38. The van der Waals surface area contributed by atoms with E-state index in [4.69, 9.17) is 4.42 Å². The second-order valence-corrected chi connectivity index (χ2v) is 6.96. The predicted octanol–water partition coefficient (Wildman–Crippen LogP) is 5.20. The second kappa shape index (κ2) is 8.18. The number of amides is 1. The van der Waals surface area contributed by atoms with Crippen LogP contribution in [-0.4, -0.2) is 17.4 Å². The van der Waals surface area contributed by atoms with Crippen molar-refractivity contribution in [3.8, 4) is 0 Å². The molecule has 0 unspecified atom stereocenters. The van der Waals surface area contributed by atoms with Gasteiger partial charge in [-0.05, 0) is 49.9 Å². The highest BCUT2D eigenvalue weighted by Crippen LogP contribution is 2.28. The van der Waals surface area contributed by atoms with Crippen LogP contribution in [0, 0.1) is 12.8 Å². The number of benzene rings is 1. The van der Waals surface area contributed by atoms with Crippen molar-refractivity contribution < 1.29 is 9.21 Å². The zero-order chi connectivity index (χ0) is 16.8. The highest BCUT2D eigenvalue weighted by atomic mass is 16.3. The van der Waals surface area contributed by atoms with E-state index in [0.29, 0.717) is 6.54 Å². The van der Waals surface area contributed by atoms with Crippen LogP contribution in [-0.2, 0) is 6.54 Å². The average Bonchev–Trinajstić information content (AvgIpc) is 3.28. The summed E-state index contributed by atoms with van der Waals surface area (Å²) in [5.41, 5.74) is 1.93. The van der Waals surface area contributed by atoms with E-state index in [-0.39, 0.29) is 5.91 Å². The van der Waals surface area contributed by atoms with E-state index >= 15 is 0 Å². The van der Waals surface area contributed by atoms with Gasteiger partial charge in [0.2, 0.25) is 0 Å².